The number of hydrogen-bond acceptors (Lipinski definition) is 4. The lowest BCUT2D eigenvalue weighted by molar-refractivity contribution is -0.141. The van der Waals surface area contributed by atoms with Crippen LogP contribution in [-0.4, -0.2) is 22.0 Å². The maximum absolute atomic E-state index is 13.6. The van der Waals surface area contributed by atoms with Gasteiger partial charge in [0.05, 0.1) is 11.6 Å². The minimum Gasteiger partial charge on any atom is -0.481 e. The number of ketones is 1. The summed E-state index contributed by atoms with van der Waals surface area (Å²) in [6.45, 7) is 8.66. The molecule has 5 nitrogen and oxygen atoms in total. The summed E-state index contributed by atoms with van der Waals surface area (Å²) in [6.07, 6.45) is 7.07. The molecule has 1 aromatic carbocycles. The highest BCUT2D eigenvalue weighted by Crippen LogP contribution is 2.55. The Hall–Kier alpha value is -2.43. The zero-order chi connectivity index (χ0) is 24.9. The van der Waals surface area contributed by atoms with E-state index in [1.54, 1.807) is 0 Å². The van der Waals surface area contributed by atoms with Gasteiger partial charge in [-0.05, 0) is 87.7 Å². The molecule has 35 heavy (non-hydrogen) atoms. The van der Waals surface area contributed by atoms with E-state index < -0.39 is 11.9 Å². The minimum absolute atomic E-state index is 0.137. The summed E-state index contributed by atoms with van der Waals surface area (Å²) in [5.41, 5.74) is 5.47. The maximum Gasteiger partial charge on any atom is 0.306 e. The van der Waals surface area contributed by atoms with Gasteiger partial charge in [-0.2, -0.15) is 0 Å². The van der Waals surface area contributed by atoms with Crippen LogP contribution in [0.4, 0.5) is 0 Å². The highest BCUT2D eigenvalue weighted by molar-refractivity contribution is 5.86. The van der Waals surface area contributed by atoms with Crippen molar-refractivity contribution in [1.29, 1.82) is 0 Å². The number of aromatic nitrogens is 1. The molecule has 0 bridgehead atoms. The third kappa shape index (κ3) is 4.96. The van der Waals surface area contributed by atoms with Crippen LogP contribution >= 0.6 is 0 Å². The van der Waals surface area contributed by atoms with Crippen LogP contribution in [0.3, 0.4) is 0 Å². The number of nitrogens with zero attached hydrogens (tertiary/aromatic N) is 1. The number of aliphatic carboxylic acids is 1. The molecule has 3 atom stereocenters. The number of hydrogen-bond donors (Lipinski definition) is 1. The van der Waals surface area contributed by atoms with Crippen molar-refractivity contribution >= 4 is 11.8 Å². The van der Waals surface area contributed by atoms with Crippen molar-refractivity contribution < 1.29 is 19.2 Å². The van der Waals surface area contributed by atoms with Gasteiger partial charge in [0.15, 0.2) is 0 Å². The number of aryl methyl sites for hydroxylation is 2. The van der Waals surface area contributed by atoms with Gasteiger partial charge >= 0.3 is 5.97 Å². The molecule has 3 aliphatic rings. The SMILES string of the molecule is Cc1ccc(CC(=O)[C@@H]2C[C@H](C(=O)O)C[C@H]2c2noc(C3CC(CC(C)C)C3)c2C2CC2)c(C)c1. The van der Waals surface area contributed by atoms with Crippen molar-refractivity contribution in [3.05, 3.63) is 51.9 Å². The molecular weight excluding hydrogens is 438 g/mol. The van der Waals surface area contributed by atoms with E-state index in [0.29, 0.717) is 37.0 Å². The van der Waals surface area contributed by atoms with Gasteiger partial charge in [0.25, 0.3) is 0 Å². The Labute approximate surface area is 208 Å². The lowest BCUT2D eigenvalue weighted by Gasteiger charge is -2.35. The molecule has 5 heteroatoms. The summed E-state index contributed by atoms with van der Waals surface area (Å²) >= 11 is 0. The Morgan fingerprint density at radius 2 is 1.83 bits per heavy atom. The Bertz CT molecular complexity index is 1110. The fourth-order valence-electron chi connectivity index (χ4n) is 6.74. The van der Waals surface area contributed by atoms with E-state index in [1.807, 2.05) is 19.1 Å². The van der Waals surface area contributed by atoms with Gasteiger partial charge in [-0.1, -0.05) is 42.8 Å². The summed E-state index contributed by atoms with van der Waals surface area (Å²) in [6, 6.07) is 6.19. The van der Waals surface area contributed by atoms with Crippen LogP contribution in [0.15, 0.2) is 22.7 Å². The highest BCUT2D eigenvalue weighted by atomic mass is 16.5. The van der Waals surface area contributed by atoms with E-state index in [9.17, 15) is 14.7 Å². The summed E-state index contributed by atoms with van der Waals surface area (Å²) < 4.78 is 6.03. The minimum atomic E-state index is -0.802. The number of carbonyl (C=O) groups is 2. The Kier molecular flexibility index (Phi) is 6.63. The third-order valence-electron chi connectivity index (χ3n) is 8.72. The molecule has 2 aromatic rings. The van der Waals surface area contributed by atoms with Crippen LogP contribution in [0, 0.1) is 37.5 Å². The smallest absolute Gasteiger partial charge is 0.306 e. The van der Waals surface area contributed by atoms with Crippen LogP contribution < -0.4 is 0 Å². The van der Waals surface area contributed by atoms with Crippen molar-refractivity contribution in [3.8, 4) is 0 Å². The zero-order valence-electron chi connectivity index (χ0n) is 21.5. The molecule has 1 heterocycles. The van der Waals surface area contributed by atoms with E-state index in [-0.39, 0.29) is 17.6 Å². The van der Waals surface area contributed by atoms with Gasteiger partial charge in [0, 0.05) is 29.7 Å². The molecule has 3 fully saturated rings. The van der Waals surface area contributed by atoms with E-state index in [2.05, 4.69) is 32.0 Å². The predicted octanol–water partition coefficient (Wildman–Crippen LogP) is 6.71. The monoisotopic (exact) mass is 477 g/mol. The second kappa shape index (κ2) is 9.55. The summed E-state index contributed by atoms with van der Waals surface area (Å²) in [7, 11) is 0. The van der Waals surface area contributed by atoms with Crippen molar-refractivity contribution in [1.82, 2.24) is 5.16 Å². The molecule has 1 aromatic heterocycles. The van der Waals surface area contributed by atoms with Gasteiger partial charge in [0.1, 0.15) is 11.5 Å². The standard InChI is InChI=1S/C30H39NO4/c1-16(2)9-19-11-22(12-19)29-27(20-7-8-20)28(31-35-29)25-14-23(30(33)34)13-24(25)26(32)15-21-6-5-17(3)10-18(21)4/h5-6,10,16,19-20,22-25H,7-9,11-15H2,1-4H3,(H,33,34)/t19?,22?,23-,24+,25+/m0/s1. The number of carboxylic acids is 1. The Morgan fingerprint density at radius 1 is 1.09 bits per heavy atom. The predicted molar refractivity (Wildman–Crippen MR) is 135 cm³/mol. The Balaban J connectivity index is 1.40. The van der Waals surface area contributed by atoms with Gasteiger partial charge < -0.3 is 9.63 Å². The molecule has 0 saturated heterocycles. The van der Waals surface area contributed by atoms with Crippen LogP contribution in [-0.2, 0) is 16.0 Å². The fraction of sp³-hybridized carbons (Fsp3) is 0.633. The van der Waals surface area contributed by atoms with Crippen LogP contribution in [0.1, 0.15) is 110 Å². The molecule has 3 aliphatic carbocycles. The highest BCUT2D eigenvalue weighted by Gasteiger charge is 2.48. The first-order chi connectivity index (χ1) is 16.7. The molecule has 0 unspecified atom stereocenters. The second-order valence-electron chi connectivity index (χ2n) is 12.1. The van der Waals surface area contributed by atoms with Crippen molar-refractivity contribution in [2.45, 2.75) is 96.8 Å². The molecule has 0 radical (unpaired) electrons. The molecule has 3 saturated carbocycles. The molecule has 188 valence electrons. The van der Waals surface area contributed by atoms with Crippen LogP contribution in [0.2, 0.25) is 0 Å². The van der Waals surface area contributed by atoms with E-state index in [1.165, 1.54) is 17.5 Å². The van der Waals surface area contributed by atoms with Crippen molar-refractivity contribution in [2.24, 2.45) is 23.7 Å². The lowest BCUT2D eigenvalue weighted by atomic mass is 9.69. The van der Waals surface area contributed by atoms with Gasteiger partial charge in [-0.15, -0.1) is 0 Å². The average molecular weight is 478 g/mol. The fourth-order valence-corrected chi connectivity index (χ4v) is 6.74. The maximum atomic E-state index is 13.6. The number of benzene rings is 1. The molecule has 0 amide bonds. The molecule has 0 aliphatic heterocycles. The summed E-state index contributed by atoms with van der Waals surface area (Å²) in [5.74, 6) is 1.77. The zero-order valence-corrected chi connectivity index (χ0v) is 21.5. The molecular formula is C30H39NO4. The van der Waals surface area contributed by atoms with Gasteiger partial charge in [0.2, 0.25) is 0 Å². The van der Waals surface area contributed by atoms with Gasteiger partial charge in [-0.3, -0.25) is 9.59 Å². The van der Waals surface area contributed by atoms with Crippen molar-refractivity contribution in [3.63, 3.8) is 0 Å². The lowest BCUT2D eigenvalue weighted by Crippen LogP contribution is -2.24. The van der Waals surface area contributed by atoms with Crippen molar-refractivity contribution in [2.75, 3.05) is 0 Å². The normalized spacial score (nSPS) is 28.3. The summed E-state index contributed by atoms with van der Waals surface area (Å²) in [5, 5.41) is 14.4. The number of carboxylic acid groups (broad SMARTS) is 1. The largest absolute Gasteiger partial charge is 0.481 e. The van der Waals surface area contributed by atoms with E-state index >= 15 is 0 Å². The first-order valence-corrected chi connectivity index (χ1v) is 13.5. The van der Waals surface area contributed by atoms with Gasteiger partial charge in [-0.25, -0.2) is 0 Å². The number of carbonyl (C=O) groups excluding carboxylic acids is 1. The quantitative estimate of drug-likeness (QED) is 0.434. The molecule has 1 N–H and O–H groups in total. The number of rotatable bonds is 9. The topological polar surface area (TPSA) is 80.4 Å². The van der Waals surface area contributed by atoms with E-state index in [0.717, 1.165) is 54.2 Å². The third-order valence-corrected chi connectivity index (χ3v) is 8.72. The second-order valence-corrected chi connectivity index (χ2v) is 12.1. The summed E-state index contributed by atoms with van der Waals surface area (Å²) in [4.78, 5) is 25.6. The van der Waals surface area contributed by atoms with Crippen LogP contribution in [0.5, 0.6) is 0 Å². The average Bonchev–Trinajstić information content (AvgIpc) is 3.35. The molecule has 5 rings (SSSR count). The first kappa shape index (κ1) is 24.3. The van der Waals surface area contributed by atoms with E-state index in [4.69, 9.17) is 4.52 Å². The molecule has 0 spiro atoms. The first-order valence-electron chi connectivity index (χ1n) is 13.5. The number of Topliss-reactive ketones (excluding diaryl/α,β-unsaturated/α-hetero) is 1. The van der Waals surface area contributed by atoms with Crippen LogP contribution in [0.25, 0.3) is 0 Å². The Morgan fingerprint density at radius 3 is 2.46 bits per heavy atom.